The van der Waals surface area contributed by atoms with Crippen LogP contribution < -0.4 is 0 Å². The second kappa shape index (κ2) is 10.4. The number of thiophene rings is 5. The standard InChI is InChI=1S/C29H18N2O4S5/c1-15-12-23(17-2-6-21(36-17)28-30-8-10-34-28)39-26(15)19-4-5-20(38-19)27-16(14-25(32)33)13-24(40-27)18-3-7-22(37-18)29-31-9-11-35-29/h2-13H,14H2,1H3,(H,32,33). The molecule has 1 N–H and O–H groups in total. The third-order valence-corrected chi connectivity index (χ3v) is 12.5. The third kappa shape index (κ3) is 4.80. The Morgan fingerprint density at radius 3 is 1.75 bits per heavy atom. The van der Waals surface area contributed by atoms with Crippen molar-refractivity contribution in [2.75, 3.05) is 0 Å². The van der Waals surface area contributed by atoms with Crippen LogP contribution in [0.5, 0.6) is 0 Å². The number of aliphatic carboxylic acids is 1. The molecular formula is C29H18N2O4S5. The second-order valence-corrected chi connectivity index (χ2v) is 14.2. The van der Waals surface area contributed by atoms with E-state index in [1.165, 1.54) is 25.1 Å². The normalized spacial score (nSPS) is 11.4. The summed E-state index contributed by atoms with van der Waals surface area (Å²) in [7, 11) is 0. The minimum atomic E-state index is -0.840. The Morgan fingerprint density at radius 2 is 1.18 bits per heavy atom. The Labute approximate surface area is 248 Å². The fraction of sp³-hybridized carbons (Fsp3) is 0.0690. The highest BCUT2D eigenvalue weighted by Crippen LogP contribution is 2.48. The average Bonchev–Trinajstić information content (AvgIpc) is 3.79. The maximum absolute atomic E-state index is 11.7. The molecule has 0 fully saturated rings. The van der Waals surface area contributed by atoms with Crippen molar-refractivity contribution < 1.29 is 18.7 Å². The zero-order valence-corrected chi connectivity index (χ0v) is 24.8. The van der Waals surface area contributed by atoms with Gasteiger partial charge in [0.05, 0.1) is 28.6 Å². The first-order valence-corrected chi connectivity index (χ1v) is 16.2. The Bertz CT molecular complexity index is 1930. The molecule has 7 rings (SSSR count). The molecule has 198 valence electrons. The molecule has 0 radical (unpaired) electrons. The number of carboxylic acid groups (broad SMARTS) is 1. The molecule has 0 aliphatic rings. The van der Waals surface area contributed by atoms with Gasteiger partial charge in [-0.2, -0.15) is 0 Å². The molecule has 0 bridgehead atoms. The monoisotopic (exact) mass is 618 g/mol. The summed E-state index contributed by atoms with van der Waals surface area (Å²) in [5.41, 5.74) is 2.04. The Hall–Kier alpha value is -3.61. The summed E-state index contributed by atoms with van der Waals surface area (Å²) in [6.07, 6.45) is 6.41. The predicted octanol–water partition coefficient (Wildman–Crippen LogP) is 9.91. The van der Waals surface area contributed by atoms with E-state index in [1.807, 2.05) is 24.3 Å². The summed E-state index contributed by atoms with van der Waals surface area (Å²) < 4.78 is 10.9. The van der Waals surface area contributed by atoms with Crippen LogP contribution in [0.25, 0.3) is 60.6 Å². The molecule has 0 aliphatic carbocycles. The molecule has 0 atom stereocenters. The van der Waals surface area contributed by atoms with Crippen molar-refractivity contribution in [1.82, 2.24) is 9.97 Å². The summed E-state index contributed by atoms with van der Waals surface area (Å²) in [4.78, 5) is 31.1. The molecule has 0 aliphatic heterocycles. The van der Waals surface area contributed by atoms with Gasteiger partial charge in [0, 0.05) is 39.0 Å². The van der Waals surface area contributed by atoms with E-state index < -0.39 is 5.97 Å². The lowest BCUT2D eigenvalue weighted by Gasteiger charge is -1.98. The van der Waals surface area contributed by atoms with Gasteiger partial charge in [0.2, 0.25) is 11.8 Å². The maximum Gasteiger partial charge on any atom is 0.307 e. The number of nitrogens with zero attached hydrogens (tertiary/aromatic N) is 2. The number of hydrogen-bond donors (Lipinski definition) is 1. The topological polar surface area (TPSA) is 89.4 Å². The zero-order valence-electron chi connectivity index (χ0n) is 20.7. The summed E-state index contributed by atoms with van der Waals surface area (Å²) in [6.45, 7) is 2.14. The number of rotatable bonds is 8. The lowest BCUT2D eigenvalue weighted by molar-refractivity contribution is -0.136. The molecule has 11 heteroatoms. The number of hydrogen-bond acceptors (Lipinski definition) is 10. The van der Waals surface area contributed by atoms with Crippen LogP contribution in [0.3, 0.4) is 0 Å². The highest BCUT2D eigenvalue weighted by Gasteiger charge is 2.20. The number of aromatic nitrogens is 2. The van der Waals surface area contributed by atoms with Gasteiger partial charge in [0.25, 0.3) is 0 Å². The zero-order chi connectivity index (χ0) is 27.2. The van der Waals surface area contributed by atoms with E-state index in [0.29, 0.717) is 11.8 Å². The van der Waals surface area contributed by atoms with Crippen LogP contribution in [0.15, 0.2) is 82.3 Å². The van der Waals surface area contributed by atoms with Crippen molar-refractivity contribution in [3.05, 3.63) is 84.6 Å². The summed E-state index contributed by atoms with van der Waals surface area (Å²) >= 11 is 8.36. The van der Waals surface area contributed by atoms with Crippen molar-refractivity contribution in [2.24, 2.45) is 0 Å². The highest BCUT2D eigenvalue weighted by atomic mass is 32.1. The van der Waals surface area contributed by atoms with Gasteiger partial charge in [-0.05, 0) is 66.6 Å². The van der Waals surface area contributed by atoms with E-state index in [2.05, 4.69) is 41.2 Å². The summed E-state index contributed by atoms with van der Waals surface area (Å²) in [5, 5.41) is 9.62. The summed E-state index contributed by atoms with van der Waals surface area (Å²) in [6, 6.07) is 16.7. The van der Waals surface area contributed by atoms with Gasteiger partial charge in [0.1, 0.15) is 12.5 Å². The fourth-order valence-corrected chi connectivity index (χ4v) is 10.1. The fourth-order valence-electron chi connectivity index (χ4n) is 4.34. The Morgan fingerprint density at radius 1 is 0.675 bits per heavy atom. The molecule has 6 nitrogen and oxygen atoms in total. The number of carbonyl (C=O) groups is 1. The van der Waals surface area contributed by atoms with Crippen LogP contribution in [-0.4, -0.2) is 21.0 Å². The number of oxazole rings is 2. The average molecular weight is 619 g/mol. The van der Waals surface area contributed by atoms with Crippen LogP contribution in [0.4, 0.5) is 0 Å². The Kier molecular flexibility index (Phi) is 6.60. The van der Waals surface area contributed by atoms with Crippen molar-refractivity contribution >= 4 is 62.7 Å². The lowest BCUT2D eigenvalue weighted by atomic mass is 10.1. The van der Waals surface area contributed by atoms with E-state index in [0.717, 1.165) is 34.8 Å². The molecule has 40 heavy (non-hydrogen) atoms. The molecule has 0 spiro atoms. The van der Waals surface area contributed by atoms with E-state index in [1.54, 1.807) is 81.6 Å². The molecule has 7 aromatic rings. The third-order valence-electron chi connectivity index (χ3n) is 6.11. The van der Waals surface area contributed by atoms with Crippen LogP contribution in [0.2, 0.25) is 0 Å². The molecule has 0 saturated carbocycles. The van der Waals surface area contributed by atoms with E-state index in [-0.39, 0.29) is 6.42 Å². The smallest absolute Gasteiger partial charge is 0.307 e. The van der Waals surface area contributed by atoms with Crippen molar-refractivity contribution in [3.63, 3.8) is 0 Å². The van der Waals surface area contributed by atoms with Crippen molar-refractivity contribution in [2.45, 2.75) is 13.3 Å². The molecule has 7 heterocycles. The van der Waals surface area contributed by atoms with E-state index >= 15 is 0 Å². The SMILES string of the molecule is Cc1cc(-c2ccc(-c3ncco3)s2)sc1-c1ccc(-c2sc(-c3ccc(-c4ncco4)s3)cc2CC(=O)O)s1. The number of carboxylic acids is 1. The quantitative estimate of drug-likeness (QED) is 0.182. The lowest BCUT2D eigenvalue weighted by Crippen LogP contribution is -1.99. The van der Waals surface area contributed by atoms with Gasteiger partial charge in [-0.15, -0.1) is 56.7 Å². The highest BCUT2D eigenvalue weighted by molar-refractivity contribution is 7.30. The van der Waals surface area contributed by atoms with E-state index in [9.17, 15) is 9.90 Å². The molecule has 0 aromatic carbocycles. The minimum absolute atomic E-state index is 0.0234. The summed E-state index contributed by atoms with van der Waals surface area (Å²) in [5.74, 6) is 0.383. The van der Waals surface area contributed by atoms with Crippen LogP contribution >= 0.6 is 56.7 Å². The van der Waals surface area contributed by atoms with Gasteiger partial charge in [-0.1, -0.05) is 0 Å². The van der Waals surface area contributed by atoms with E-state index in [4.69, 9.17) is 8.83 Å². The van der Waals surface area contributed by atoms with Crippen LogP contribution in [0, 0.1) is 6.92 Å². The first kappa shape index (κ1) is 25.4. The minimum Gasteiger partial charge on any atom is -0.481 e. The molecule has 0 unspecified atom stereocenters. The molecule has 0 amide bonds. The van der Waals surface area contributed by atoms with Crippen molar-refractivity contribution in [1.29, 1.82) is 0 Å². The van der Waals surface area contributed by atoms with Gasteiger partial charge in [0.15, 0.2) is 0 Å². The first-order valence-electron chi connectivity index (χ1n) is 12.1. The molecular weight excluding hydrogens is 601 g/mol. The van der Waals surface area contributed by atoms with Gasteiger partial charge >= 0.3 is 5.97 Å². The van der Waals surface area contributed by atoms with Gasteiger partial charge in [-0.25, -0.2) is 9.97 Å². The second-order valence-electron chi connectivity index (χ2n) is 8.82. The van der Waals surface area contributed by atoms with Crippen LogP contribution in [-0.2, 0) is 11.2 Å². The van der Waals surface area contributed by atoms with Gasteiger partial charge in [-0.3, -0.25) is 4.79 Å². The number of aryl methyl sites for hydroxylation is 1. The van der Waals surface area contributed by atoms with Crippen molar-refractivity contribution in [3.8, 4) is 60.6 Å². The predicted molar refractivity (Wildman–Crippen MR) is 165 cm³/mol. The van der Waals surface area contributed by atoms with Crippen LogP contribution in [0.1, 0.15) is 11.1 Å². The molecule has 0 saturated heterocycles. The Balaban J connectivity index is 1.20. The first-order chi connectivity index (χ1) is 19.5. The largest absolute Gasteiger partial charge is 0.481 e. The van der Waals surface area contributed by atoms with Gasteiger partial charge < -0.3 is 13.9 Å². The molecule has 7 aromatic heterocycles. The maximum atomic E-state index is 11.7.